The fraction of sp³-hybridized carbons (Fsp3) is 0.385. The van der Waals surface area contributed by atoms with Gasteiger partial charge in [-0.1, -0.05) is 36.6 Å². The molecule has 2 aromatic heterocycles. The van der Waals surface area contributed by atoms with Crippen molar-refractivity contribution >= 4 is 28.9 Å². The number of benzene rings is 1. The number of hydrogen-bond acceptors (Lipinski definition) is 2. The Labute approximate surface area is 200 Å². The molecule has 3 aromatic rings. The summed E-state index contributed by atoms with van der Waals surface area (Å²) in [6, 6.07) is 15.2. The number of aryl methyl sites for hydroxylation is 1. The van der Waals surface area contributed by atoms with Gasteiger partial charge in [-0.05, 0) is 87.3 Å². The van der Waals surface area contributed by atoms with Crippen molar-refractivity contribution in [1.29, 1.82) is 0 Å². The summed E-state index contributed by atoms with van der Waals surface area (Å²) < 4.78 is 2.33. The highest BCUT2D eigenvalue weighted by atomic mass is 35.5. The molecule has 6 heteroatoms. The highest BCUT2D eigenvalue weighted by Crippen LogP contribution is 2.45. The molecule has 0 amide bonds. The normalized spacial score (nSPS) is 21.4. The first-order chi connectivity index (χ1) is 15.5. The lowest BCUT2D eigenvalue weighted by Crippen LogP contribution is -2.37. The Bertz CT molecular complexity index is 1150. The average Bonchev–Trinajstić information content (AvgIpc) is 3.49. The molecule has 2 atom stereocenters. The quantitative estimate of drug-likeness (QED) is 0.455. The van der Waals surface area contributed by atoms with E-state index in [0.29, 0.717) is 6.04 Å². The van der Waals surface area contributed by atoms with E-state index in [1.54, 1.807) is 0 Å². The van der Waals surface area contributed by atoms with E-state index in [1.165, 1.54) is 42.6 Å². The van der Waals surface area contributed by atoms with Crippen LogP contribution >= 0.6 is 23.8 Å². The van der Waals surface area contributed by atoms with Crippen LogP contribution in [0.1, 0.15) is 66.0 Å². The molecule has 2 aliphatic rings. The second-order valence-corrected chi connectivity index (χ2v) is 9.81. The maximum absolute atomic E-state index is 6.48. The molecule has 166 valence electrons. The minimum absolute atomic E-state index is 0.0266. The van der Waals surface area contributed by atoms with E-state index in [-0.39, 0.29) is 12.1 Å². The molecule has 2 fully saturated rings. The third-order valence-electron chi connectivity index (χ3n) is 7.12. The Morgan fingerprint density at radius 1 is 1.06 bits per heavy atom. The van der Waals surface area contributed by atoms with Gasteiger partial charge in [0.25, 0.3) is 0 Å². The Morgan fingerprint density at radius 3 is 2.56 bits per heavy atom. The van der Waals surface area contributed by atoms with E-state index in [0.717, 1.165) is 27.1 Å². The summed E-state index contributed by atoms with van der Waals surface area (Å²) >= 11 is 12.4. The zero-order chi connectivity index (χ0) is 22.4. The minimum atomic E-state index is 0.0266. The lowest BCUT2D eigenvalue weighted by atomic mass is 9.95. The molecule has 2 unspecified atom stereocenters. The van der Waals surface area contributed by atoms with Gasteiger partial charge in [0, 0.05) is 34.3 Å². The lowest BCUT2D eigenvalue weighted by molar-refractivity contribution is 0.245. The Hall–Kier alpha value is -2.37. The van der Waals surface area contributed by atoms with E-state index in [1.807, 2.05) is 24.4 Å². The number of hydrogen-bond donors (Lipinski definition) is 1. The Kier molecular flexibility index (Phi) is 5.72. The smallest absolute Gasteiger partial charge is 0.170 e. The third kappa shape index (κ3) is 3.52. The molecule has 1 aliphatic heterocycles. The first-order valence-corrected chi connectivity index (χ1v) is 12.2. The summed E-state index contributed by atoms with van der Waals surface area (Å²) in [5, 5.41) is 5.27. The van der Waals surface area contributed by atoms with Gasteiger partial charge in [-0.3, -0.25) is 4.98 Å². The fourth-order valence-corrected chi connectivity index (χ4v) is 6.13. The van der Waals surface area contributed by atoms with Crippen LogP contribution in [0.4, 0.5) is 0 Å². The molecule has 0 bridgehead atoms. The molecule has 1 saturated heterocycles. The zero-order valence-electron chi connectivity index (χ0n) is 18.8. The first kappa shape index (κ1) is 21.5. The topological polar surface area (TPSA) is 33.1 Å². The molecular formula is C26H29ClN4S. The Balaban J connectivity index is 1.66. The van der Waals surface area contributed by atoms with Crippen LogP contribution in [-0.2, 0) is 0 Å². The first-order valence-electron chi connectivity index (χ1n) is 11.4. The van der Waals surface area contributed by atoms with Gasteiger partial charge in [-0.15, -0.1) is 0 Å². The highest BCUT2D eigenvalue weighted by molar-refractivity contribution is 7.80. The summed E-state index contributed by atoms with van der Waals surface area (Å²) in [5.74, 6) is 0. The number of thiocarbonyl (C=S) groups is 1. The van der Waals surface area contributed by atoms with Gasteiger partial charge in [-0.2, -0.15) is 0 Å². The average molecular weight is 465 g/mol. The van der Waals surface area contributed by atoms with Crippen molar-refractivity contribution < 1.29 is 0 Å². The number of nitrogens with zero attached hydrogens (tertiary/aromatic N) is 3. The SMILES string of the molecule is Cc1c(Cl)cccc1-n1c(C)cc(C2C(c3ccccn3)NC(=S)N2C2CCCC2)c1C. The van der Waals surface area contributed by atoms with E-state index >= 15 is 0 Å². The third-order valence-corrected chi connectivity index (χ3v) is 7.86. The van der Waals surface area contributed by atoms with Crippen molar-refractivity contribution in [3.8, 4) is 5.69 Å². The predicted octanol–water partition coefficient (Wildman–Crippen LogP) is 6.37. The van der Waals surface area contributed by atoms with E-state index in [4.69, 9.17) is 28.8 Å². The second kappa shape index (κ2) is 8.53. The van der Waals surface area contributed by atoms with Crippen molar-refractivity contribution in [2.45, 2.75) is 64.6 Å². The Morgan fingerprint density at radius 2 is 1.84 bits per heavy atom. The molecule has 3 heterocycles. The number of aromatic nitrogens is 2. The van der Waals surface area contributed by atoms with Crippen molar-refractivity contribution in [3.63, 3.8) is 0 Å². The maximum Gasteiger partial charge on any atom is 0.170 e. The van der Waals surface area contributed by atoms with Crippen molar-refractivity contribution in [2.75, 3.05) is 0 Å². The van der Waals surface area contributed by atoms with Gasteiger partial charge >= 0.3 is 0 Å². The van der Waals surface area contributed by atoms with Gasteiger partial charge in [-0.25, -0.2) is 0 Å². The summed E-state index contributed by atoms with van der Waals surface area (Å²) in [4.78, 5) is 7.17. The van der Waals surface area contributed by atoms with Crippen LogP contribution in [0.2, 0.25) is 5.02 Å². The van der Waals surface area contributed by atoms with Gasteiger partial charge in [0.2, 0.25) is 0 Å². The number of halogens is 1. The van der Waals surface area contributed by atoms with Gasteiger partial charge in [0.05, 0.1) is 17.8 Å². The van der Waals surface area contributed by atoms with Gasteiger partial charge in [0.1, 0.15) is 0 Å². The van der Waals surface area contributed by atoms with Crippen LogP contribution < -0.4 is 5.32 Å². The molecule has 1 N–H and O–H groups in total. The van der Waals surface area contributed by atoms with Crippen LogP contribution in [-0.4, -0.2) is 25.6 Å². The van der Waals surface area contributed by atoms with Gasteiger partial charge < -0.3 is 14.8 Å². The molecule has 1 aliphatic carbocycles. The lowest BCUT2D eigenvalue weighted by Gasteiger charge is -2.33. The van der Waals surface area contributed by atoms with Crippen molar-refractivity contribution in [1.82, 2.24) is 19.8 Å². The molecule has 1 aromatic carbocycles. The molecule has 0 radical (unpaired) electrons. The second-order valence-electron chi connectivity index (χ2n) is 9.02. The number of nitrogens with one attached hydrogen (secondary N) is 1. The molecule has 1 saturated carbocycles. The monoisotopic (exact) mass is 464 g/mol. The number of rotatable bonds is 4. The van der Waals surface area contributed by atoms with E-state index < -0.39 is 0 Å². The van der Waals surface area contributed by atoms with Crippen LogP contribution in [0, 0.1) is 20.8 Å². The van der Waals surface area contributed by atoms with Crippen molar-refractivity contribution in [3.05, 3.63) is 81.9 Å². The molecular weight excluding hydrogens is 436 g/mol. The van der Waals surface area contributed by atoms with E-state index in [2.05, 4.69) is 59.8 Å². The number of pyridine rings is 1. The van der Waals surface area contributed by atoms with Gasteiger partial charge in [0.15, 0.2) is 5.11 Å². The molecule has 5 rings (SSSR count). The van der Waals surface area contributed by atoms with Crippen LogP contribution in [0.15, 0.2) is 48.7 Å². The zero-order valence-corrected chi connectivity index (χ0v) is 20.4. The molecule has 32 heavy (non-hydrogen) atoms. The van der Waals surface area contributed by atoms with E-state index in [9.17, 15) is 0 Å². The molecule has 0 spiro atoms. The summed E-state index contributed by atoms with van der Waals surface area (Å²) in [5.41, 5.74) is 6.99. The summed E-state index contributed by atoms with van der Waals surface area (Å²) in [6.07, 6.45) is 6.80. The maximum atomic E-state index is 6.48. The standard InChI is InChI=1S/C26H29ClN4S/c1-16-15-20(18(3)30(16)23-13-8-11-21(27)17(23)2)25-24(22-12-6-7-14-28-22)29-26(32)31(25)19-9-4-5-10-19/h6-8,11-15,19,24-25H,4-5,9-10H2,1-3H3,(H,29,32). The largest absolute Gasteiger partial charge is 0.352 e. The molecule has 4 nitrogen and oxygen atoms in total. The van der Waals surface area contributed by atoms with Crippen LogP contribution in [0.5, 0.6) is 0 Å². The predicted molar refractivity (Wildman–Crippen MR) is 135 cm³/mol. The minimum Gasteiger partial charge on any atom is -0.352 e. The van der Waals surface area contributed by atoms with Crippen LogP contribution in [0.3, 0.4) is 0 Å². The van der Waals surface area contributed by atoms with Crippen molar-refractivity contribution in [2.24, 2.45) is 0 Å². The highest BCUT2D eigenvalue weighted by Gasteiger charge is 2.44. The summed E-state index contributed by atoms with van der Waals surface area (Å²) in [6.45, 7) is 6.48. The summed E-state index contributed by atoms with van der Waals surface area (Å²) in [7, 11) is 0. The van der Waals surface area contributed by atoms with Crippen LogP contribution in [0.25, 0.3) is 5.69 Å². The fourth-order valence-electron chi connectivity index (χ4n) is 5.57.